The maximum Gasteiger partial charge on any atom is 0.137 e. The van der Waals surface area contributed by atoms with E-state index in [1.54, 1.807) is 13.2 Å². The van der Waals surface area contributed by atoms with Crippen LogP contribution < -0.4 is 4.74 Å². The Balaban J connectivity index is 2.72. The third-order valence-electron chi connectivity index (χ3n) is 1.54. The lowest BCUT2D eigenvalue weighted by Crippen LogP contribution is -2.05. The van der Waals surface area contributed by atoms with Gasteiger partial charge in [-0.25, -0.2) is 0 Å². The molecule has 0 aliphatic rings. The fourth-order valence-electron chi connectivity index (χ4n) is 0.894. The molecule has 0 heterocycles. The maximum atomic E-state index is 8.77. The second-order valence-corrected chi connectivity index (χ2v) is 2.92. The minimum atomic E-state index is 0.403. The Bertz CT molecular complexity index is 346. The minimum Gasteiger partial charge on any atom is -0.490 e. The largest absolute Gasteiger partial charge is 0.490 e. The fraction of sp³-hybridized carbons (Fsp3) is 0.300. The Morgan fingerprint density at radius 2 is 2.36 bits per heavy atom. The first-order valence-corrected chi connectivity index (χ1v) is 4.38. The summed E-state index contributed by atoms with van der Waals surface area (Å²) in [5.74, 6) is 0.481. The van der Waals surface area contributed by atoms with E-state index in [1.807, 2.05) is 6.07 Å². The molecule has 1 radical (unpaired) electrons. The van der Waals surface area contributed by atoms with Crippen LogP contribution in [-0.4, -0.2) is 20.3 Å². The predicted octanol–water partition coefficient (Wildman–Crippen LogP) is 2.04. The molecule has 0 spiro atoms. The quantitative estimate of drug-likeness (QED) is 0.715. The van der Waals surface area contributed by atoms with Crippen molar-refractivity contribution in [3.8, 4) is 11.8 Å². The number of ether oxygens (including phenoxy) is 2. The van der Waals surface area contributed by atoms with Gasteiger partial charge in [0.1, 0.15) is 18.4 Å². The van der Waals surface area contributed by atoms with E-state index in [-0.39, 0.29) is 0 Å². The molecule has 0 amide bonds. The van der Waals surface area contributed by atoms with Crippen molar-refractivity contribution in [1.29, 1.82) is 5.26 Å². The first-order valence-electron chi connectivity index (χ1n) is 4.01. The standard InChI is InChI=1S/C10H9ClNO2/c1-13-4-5-14-10-3-2-9(11)6-8(10)7-12/h3,6H,4-5H2,1H3. The van der Waals surface area contributed by atoms with E-state index < -0.39 is 0 Å². The van der Waals surface area contributed by atoms with Crippen molar-refractivity contribution in [3.05, 3.63) is 28.8 Å². The van der Waals surface area contributed by atoms with E-state index in [2.05, 4.69) is 6.07 Å². The highest BCUT2D eigenvalue weighted by Gasteiger charge is 2.03. The van der Waals surface area contributed by atoms with Gasteiger partial charge in [0.15, 0.2) is 0 Å². The second-order valence-electron chi connectivity index (χ2n) is 2.51. The van der Waals surface area contributed by atoms with E-state index in [9.17, 15) is 0 Å². The van der Waals surface area contributed by atoms with Crippen LogP contribution in [0.3, 0.4) is 0 Å². The smallest absolute Gasteiger partial charge is 0.137 e. The first-order chi connectivity index (χ1) is 6.77. The Labute approximate surface area is 87.8 Å². The Kier molecular flexibility index (Phi) is 4.24. The van der Waals surface area contributed by atoms with Gasteiger partial charge in [0.2, 0.25) is 0 Å². The summed E-state index contributed by atoms with van der Waals surface area (Å²) in [6, 6.07) is 7.81. The summed E-state index contributed by atoms with van der Waals surface area (Å²) >= 11 is 5.67. The molecule has 1 rings (SSSR count). The summed E-state index contributed by atoms with van der Waals surface area (Å²) in [5, 5.41) is 9.17. The topological polar surface area (TPSA) is 42.2 Å². The number of rotatable bonds is 4. The van der Waals surface area contributed by atoms with Gasteiger partial charge in [-0.1, -0.05) is 11.6 Å². The number of benzene rings is 1. The molecule has 0 N–H and O–H groups in total. The van der Waals surface area contributed by atoms with Crippen LogP contribution in [-0.2, 0) is 4.74 Å². The van der Waals surface area contributed by atoms with E-state index >= 15 is 0 Å². The van der Waals surface area contributed by atoms with E-state index in [0.717, 1.165) is 0 Å². The highest BCUT2D eigenvalue weighted by atomic mass is 35.5. The van der Waals surface area contributed by atoms with Gasteiger partial charge in [0.05, 0.1) is 17.2 Å². The van der Waals surface area contributed by atoms with Crippen molar-refractivity contribution in [2.24, 2.45) is 0 Å². The van der Waals surface area contributed by atoms with Crippen LogP contribution in [0, 0.1) is 17.4 Å². The summed E-state index contributed by atoms with van der Waals surface area (Å²) in [6.07, 6.45) is 0. The fourth-order valence-corrected chi connectivity index (χ4v) is 1.06. The van der Waals surface area contributed by atoms with Gasteiger partial charge in [0, 0.05) is 13.2 Å². The molecule has 1 aromatic carbocycles. The lowest BCUT2D eigenvalue weighted by atomic mass is 10.2. The van der Waals surface area contributed by atoms with Gasteiger partial charge in [-0.2, -0.15) is 5.26 Å². The average molecular weight is 211 g/mol. The van der Waals surface area contributed by atoms with Crippen LogP contribution in [0.1, 0.15) is 5.56 Å². The van der Waals surface area contributed by atoms with Gasteiger partial charge in [-0.15, -0.1) is 0 Å². The van der Waals surface area contributed by atoms with Gasteiger partial charge < -0.3 is 9.47 Å². The summed E-state index contributed by atoms with van der Waals surface area (Å²) in [7, 11) is 1.59. The van der Waals surface area contributed by atoms with E-state index in [4.69, 9.17) is 26.3 Å². The average Bonchev–Trinajstić information content (AvgIpc) is 2.20. The predicted molar refractivity (Wildman–Crippen MR) is 52.4 cm³/mol. The molecule has 4 heteroatoms. The van der Waals surface area contributed by atoms with Crippen molar-refractivity contribution in [3.63, 3.8) is 0 Å². The van der Waals surface area contributed by atoms with Gasteiger partial charge in [0.25, 0.3) is 0 Å². The zero-order valence-electron chi connectivity index (χ0n) is 7.71. The molecule has 0 fully saturated rings. The van der Waals surface area contributed by atoms with Gasteiger partial charge in [-0.3, -0.25) is 0 Å². The van der Waals surface area contributed by atoms with Gasteiger partial charge in [-0.05, 0) is 12.1 Å². The Morgan fingerprint density at radius 1 is 1.57 bits per heavy atom. The van der Waals surface area contributed by atoms with Crippen molar-refractivity contribution in [2.75, 3.05) is 20.3 Å². The van der Waals surface area contributed by atoms with E-state index in [1.165, 1.54) is 6.07 Å². The van der Waals surface area contributed by atoms with Crippen LogP contribution in [0.15, 0.2) is 12.1 Å². The minimum absolute atomic E-state index is 0.403. The summed E-state index contributed by atoms with van der Waals surface area (Å²) in [5.41, 5.74) is 0.407. The molecule has 1 aromatic rings. The molecule has 0 unspecified atom stereocenters. The number of halogens is 1. The second kappa shape index (κ2) is 5.48. The maximum absolute atomic E-state index is 8.77. The number of nitriles is 1. The molecular weight excluding hydrogens is 202 g/mol. The molecule has 3 nitrogen and oxygen atoms in total. The van der Waals surface area contributed by atoms with Crippen LogP contribution >= 0.6 is 11.6 Å². The lowest BCUT2D eigenvalue weighted by Gasteiger charge is -2.06. The van der Waals surface area contributed by atoms with Crippen LogP contribution in [0.5, 0.6) is 5.75 Å². The number of hydrogen-bond acceptors (Lipinski definition) is 3. The molecule has 0 saturated heterocycles. The molecule has 14 heavy (non-hydrogen) atoms. The molecule has 0 saturated carbocycles. The van der Waals surface area contributed by atoms with E-state index in [0.29, 0.717) is 29.5 Å². The summed E-state index contributed by atoms with van der Waals surface area (Å²) in [6.45, 7) is 0.883. The van der Waals surface area contributed by atoms with Crippen molar-refractivity contribution in [2.45, 2.75) is 0 Å². The van der Waals surface area contributed by atoms with Crippen molar-refractivity contribution >= 4 is 11.6 Å². The SMILES string of the molecule is COCCOc1c[c]c(Cl)cc1C#N. The van der Waals surface area contributed by atoms with Gasteiger partial charge >= 0.3 is 0 Å². The Morgan fingerprint density at radius 3 is 3.00 bits per heavy atom. The molecule has 0 aliphatic carbocycles. The van der Waals surface area contributed by atoms with Crippen molar-refractivity contribution in [1.82, 2.24) is 0 Å². The van der Waals surface area contributed by atoms with Crippen molar-refractivity contribution < 1.29 is 9.47 Å². The lowest BCUT2D eigenvalue weighted by molar-refractivity contribution is 0.146. The third kappa shape index (κ3) is 2.91. The van der Waals surface area contributed by atoms with Crippen LogP contribution in [0.4, 0.5) is 0 Å². The number of hydrogen-bond donors (Lipinski definition) is 0. The number of methoxy groups -OCH3 is 1. The molecule has 0 bridgehead atoms. The highest BCUT2D eigenvalue weighted by molar-refractivity contribution is 6.30. The molecule has 0 aliphatic heterocycles. The zero-order chi connectivity index (χ0) is 10.4. The van der Waals surface area contributed by atoms with Crippen LogP contribution in [0.2, 0.25) is 5.02 Å². The molecule has 73 valence electrons. The molecular formula is C10H9ClNO2. The first kappa shape index (κ1) is 10.8. The summed E-state index contributed by atoms with van der Waals surface area (Å²) < 4.78 is 10.1. The normalized spacial score (nSPS) is 9.50. The highest BCUT2D eigenvalue weighted by Crippen LogP contribution is 2.21. The zero-order valence-corrected chi connectivity index (χ0v) is 8.47. The third-order valence-corrected chi connectivity index (χ3v) is 1.76. The number of nitrogens with zero attached hydrogens (tertiary/aromatic N) is 1. The van der Waals surface area contributed by atoms with Crippen LogP contribution in [0.25, 0.3) is 0 Å². The summed E-state index contributed by atoms with van der Waals surface area (Å²) in [4.78, 5) is 0. The molecule has 0 aromatic heterocycles. The monoisotopic (exact) mass is 210 g/mol. The molecule has 0 atom stereocenters. The Hall–Kier alpha value is -1.24.